The van der Waals surface area contributed by atoms with Crippen LogP contribution in [0.25, 0.3) is 0 Å². The zero-order valence-electron chi connectivity index (χ0n) is 15.0. The molecule has 140 valence electrons. The van der Waals surface area contributed by atoms with E-state index in [0.717, 1.165) is 34.3 Å². The first-order chi connectivity index (χ1) is 12.5. The topological polar surface area (TPSA) is 56.6 Å². The molecule has 0 bridgehead atoms. The van der Waals surface area contributed by atoms with Crippen LogP contribution in [0.4, 0.5) is 11.5 Å². The molecular weight excluding hydrogens is 422 g/mol. The minimum atomic E-state index is -0.172. The molecule has 1 aromatic heterocycles. The summed E-state index contributed by atoms with van der Waals surface area (Å²) in [6.45, 7) is 3.11. The fourth-order valence-electron chi connectivity index (χ4n) is 3.30. The molecule has 1 atom stereocenters. The average molecular weight is 443 g/mol. The Bertz CT molecular complexity index is 871. The van der Waals surface area contributed by atoms with Crippen LogP contribution < -0.4 is 15.2 Å². The second kappa shape index (κ2) is 7.98. The predicted molar refractivity (Wildman–Crippen MR) is 106 cm³/mol. The summed E-state index contributed by atoms with van der Waals surface area (Å²) >= 11 is 9.84. The summed E-state index contributed by atoms with van der Waals surface area (Å²) in [5.41, 5.74) is 1.87. The summed E-state index contributed by atoms with van der Waals surface area (Å²) in [6.07, 6.45) is 3.14. The van der Waals surface area contributed by atoms with Crippen molar-refractivity contribution in [2.45, 2.75) is 25.8 Å². The number of aromatic nitrogens is 2. The molecule has 0 radical (unpaired) electrons. The number of benzene rings is 1. The first kappa shape index (κ1) is 19.2. The quantitative estimate of drug-likeness (QED) is 0.678. The summed E-state index contributed by atoms with van der Waals surface area (Å²) in [5, 5.41) is 0.284. The molecule has 0 unspecified atom stereocenters. The van der Waals surface area contributed by atoms with Crippen LogP contribution >= 0.6 is 27.5 Å². The summed E-state index contributed by atoms with van der Waals surface area (Å²) in [4.78, 5) is 19.4. The molecular formula is C18H21BrClN3O3. The Labute approximate surface area is 165 Å². The van der Waals surface area contributed by atoms with Gasteiger partial charge in [0.15, 0.2) is 0 Å². The fraction of sp³-hybridized carbons (Fsp3) is 0.444. The van der Waals surface area contributed by atoms with E-state index < -0.39 is 0 Å². The van der Waals surface area contributed by atoms with Crippen molar-refractivity contribution in [1.29, 1.82) is 0 Å². The SMILES string of the molecule is CC[C@@H](COC)n1cc(Cl)nc(N2CCc3cc(OC)cc(Br)c32)c1=O. The maximum absolute atomic E-state index is 13.1. The Morgan fingerprint density at radius 1 is 1.38 bits per heavy atom. The van der Waals surface area contributed by atoms with Gasteiger partial charge >= 0.3 is 0 Å². The van der Waals surface area contributed by atoms with E-state index >= 15 is 0 Å². The van der Waals surface area contributed by atoms with E-state index in [1.165, 1.54) is 0 Å². The van der Waals surface area contributed by atoms with E-state index in [9.17, 15) is 4.79 Å². The highest BCUT2D eigenvalue weighted by atomic mass is 79.9. The van der Waals surface area contributed by atoms with Gasteiger partial charge in [-0.05, 0) is 46.5 Å². The second-order valence-electron chi connectivity index (χ2n) is 6.14. The van der Waals surface area contributed by atoms with E-state index in [0.29, 0.717) is 19.0 Å². The number of halogens is 2. The molecule has 2 heterocycles. The summed E-state index contributed by atoms with van der Waals surface area (Å²) in [6, 6.07) is 3.79. The van der Waals surface area contributed by atoms with Gasteiger partial charge in [0, 0.05) is 24.3 Å². The molecule has 0 fully saturated rings. The summed E-state index contributed by atoms with van der Waals surface area (Å²) in [7, 11) is 3.26. The lowest BCUT2D eigenvalue weighted by atomic mass is 10.1. The molecule has 0 N–H and O–H groups in total. The normalized spacial score (nSPS) is 14.4. The Hall–Kier alpha value is -1.57. The molecule has 6 nitrogen and oxygen atoms in total. The molecule has 0 spiro atoms. The molecule has 1 aliphatic heterocycles. The number of hydrogen-bond donors (Lipinski definition) is 0. The molecule has 26 heavy (non-hydrogen) atoms. The van der Waals surface area contributed by atoms with Crippen LogP contribution in [0.5, 0.6) is 5.75 Å². The molecule has 1 aromatic carbocycles. The third kappa shape index (κ3) is 3.48. The van der Waals surface area contributed by atoms with Gasteiger partial charge in [-0.15, -0.1) is 0 Å². The molecule has 0 saturated carbocycles. The van der Waals surface area contributed by atoms with Gasteiger partial charge in [0.25, 0.3) is 5.56 Å². The van der Waals surface area contributed by atoms with Crippen LogP contribution in [0.3, 0.4) is 0 Å². The smallest absolute Gasteiger partial charge is 0.294 e. The molecule has 0 saturated heterocycles. The molecule has 2 aromatic rings. The first-order valence-corrected chi connectivity index (χ1v) is 9.58. The number of ether oxygens (including phenoxy) is 2. The van der Waals surface area contributed by atoms with Crippen molar-refractivity contribution in [2.75, 3.05) is 32.3 Å². The third-order valence-corrected chi connectivity index (χ3v) is 5.38. The van der Waals surface area contributed by atoms with Crippen molar-refractivity contribution in [2.24, 2.45) is 0 Å². The highest BCUT2D eigenvalue weighted by Gasteiger charge is 2.28. The van der Waals surface area contributed by atoms with Crippen molar-refractivity contribution in [3.63, 3.8) is 0 Å². The fourth-order valence-corrected chi connectivity index (χ4v) is 4.18. The molecule has 1 aliphatic rings. The lowest BCUT2D eigenvalue weighted by Crippen LogP contribution is -2.33. The van der Waals surface area contributed by atoms with Crippen molar-refractivity contribution in [3.05, 3.63) is 43.9 Å². The number of rotatable bonds is 6. The van der Waals surface area contributed by atoms with Gasteiger partial charge in [0.05, 0.1) is 25.4 Å². The van der Waals surface area contributed by atoms with Crippen LogP contribution in [-0.4, -0.2) is 36.9 Å². The van der Waals surface area contributed by atoms with Gasteiger partial charge in [0.2, 0.25) is 5.82 Å². The second-order valence-corrected chi connectivity index (χ2v) is 7.38. The Kier molecular flexibility index (Phi) is 5.89. The number of hydrogen-bond acceptors (Lipinski definition) is 5. The minimum Gasteiger partial charge on any atom is -0.497 e. The van der Waals surface area contributed by atoms with Crippen LogP contribution in [0.15, 0.2) is 27.6 Å². The highest BCUT2D eigenvalue weighted by Crippen LogP contribution is 2.41. The van der Waals surface area contributed by atoms with Gasteiger partial charge in [-0.25, -0.2) is 4.98 Å². The van der Waals surface area contributed by atoms with Crippen molar-refractivity contribution in [3.8, 4) is 5.75 Å². The molecule has 8 heteroatoms. The maximum atomic E-state index is 13.1. The number of nitrogens with zero attached hydrogens (tertiary/aromatic N) is 3. The van der Waals surface area contributed by atoms with Crippen molar-refractivity contribution >= 4 is 39.0 Å². The lowest BCUT2D eigenvalue weighted by molar-refractivity contribution is 0.151. The van der Waals surface area contributed by atoms with Crippen LogP contribution in [0, 0.1) is 0 Å². The van der Waals surface area contributed by atoms with E-state index in [-0.39, 0.29) is 16.8 Å². The number of anilines is 2. The van der Waals surface area contributed by atoms with E-state index in [1.54, 1.807) is 25.0 Å². The van der Waals surface area contributed by atoms with E-state index in [4.69, 9.17) is 21.1 Å². The van der Waals surface area contributed by atoms with Crippen LogP contribution in [0.2, 0.25) is 5.15 Å². The molecule has 0 amide bonds. The van der Waals surface area contributed by atoms with Crippen molar-refractivity contribution in [1.82, 2.24) is 9.55 Å². The summed E-state index contributed by atoms with van der Waals surface area (Å²) < 4.78 is 13.1. The Morgan fingerprint density at radius 3 is 2.81 bits per heavy atom. The van der Waals surface area contributed by atoms with Crippen LogP contribution in [-0.2, 0) is 11.2 Å². The van der Waals surface area contributed by atoms with Gasteiger partial charge in [-0.2, -0.15) is 0 Å². The van der Waals surface area contributed by atoms with Gasteiger partial charge < -0.3 is 18.9 Å². The molecule has 3 rings (SSSR count). The zero-order valence-corrected chi connectivity index (χ0v) is 17.3. The highest BCUT2D eigenvalue weighted by molar-refractivity contribution is 9.10. The van der Waals surface area contributed by atoms with Gasteiger partial charge in [0.1, 0.15) is 10.9 Å². The standard InChI is InChI=1S/C18H21BrClN3O3/c1-4-12(10-25-2)23-9-15(20)21-17(18(23)24)22-6-5-11-7-13(26-3)8-14(19)16(11)22/h7-9,12H,4-6,10H2,1-3H3/t12-/m0/s1. The first-order valence-electron chi connectivity index (χ1n) is 8.41. The van der Waals surface area contributed by atoms with Crippen LogP contribution in [0.1, 0.15) is 24.9 Å². The predicted octanol–water partition coefficient (Wildman–Crippen LogP) is 3.96. The maximum Gasteiger partial charge on any atom is 0.294 e. The average Bonchev–Trinajstić information content (AvgIpc) is 3.05. The zero-order chi connectivity index (χ0) is 18.8. The van der Waals surface area contributed by atoms with E-state index in [1.807, 2.05) is 24.0 Å². The minimum absolute atomic E-state index is 0.0897. The van der Waals surface area contributed by atoms with E-state index in [2.05, 4.69) is 20.9 Å². The lowest BCUT2D eigenvalue weighted by Gasteiger charge is -2.23. The molecule has 0 aliphatic carbocycles. The van der Waals surface area contributed by atoms with Crippen molar-refractivity contribution < 1.29 is 9.47 Å². The largest absolute Gasteiger partial charge is 0.497 e. The number of fused-ring (bicyclic) bond motifs is 1. The summed E-state index contributed by atoms with van der Waals surface area (Å²) in [5.74, 6) is 1.11. The monoisotopic (exact) mass is 441 g/mol. The number of methoxy groups -OCH3 is 2. The van der Waals surface area contributed by atoms with Gasteiger partial charge in [-0.1, -0.05) is 18.5 Å². The Balaban J connectivity index is 2.10. The van der Waals surface area contributed by atoms with Gasteiger partial charge in [-0.3, -0.25) is 4.79 Å². The Morgan fingerprint density at radius 2 is 2.15 bits per heavy atom. The third-order valence-electron chi connectivity index (χ3n) is 4.59.